The summed E-state index contributed by atoms with van der Waals surface area (Å²) in [4.78, 5) is 14.7. The van der Waals surface area contributed by atoms with Crippen LogP contribution in [0.2, 0.25) is 0 Å². The van der Waals surface area contributed by atoms with Crippen molar-refractivity contribution in [2.24, 2.45) is 0 Å². The molecule has 2 heterocycles. The van der Waals surface area contributed by atoms with E-state index in [2.05, 4.69) is 0 Å². The first-order valence-electron chi connectivity index (χ1n) is 4.70. The molecule has 1 aromatic rings. The van der Waals surface area contributed by atoms with Gasteiger partial charge in [0.05, 0.1) is 11.8 Å². The minimum absolute atomic E-state index is 0.155. The van der Waals surface area contributed by atoms with Gasteiger partial charge in [0.1, 0.15) is 0 Å². The summed E-state index contributed by atoms with van der Waals surface area (Å²) < 4.78 is 0. The van der Waals surface area contributed by atoms with Gasteiger partial charge in [0.15, 0.2) is 0 Å². The van der Waals surface area contributed by atoms with Crippen molar-refractivity contribution >= 4 is 28.8 Å². The van der Waals surface area contributed by atoms with E-state index in [-0.39, 0.29) is 11.3 Å². The average Bonchev–Trinajstić information content (AvgIpc) is 2.75. The zero-order valence-corrected chi connectivity index (χ0v) is 9.35. The van der Waals surface area contributed by atoms with Gasteiger partial charge in [0.2, 0.25) is 5.91 Å². The molecule has 14 heavy (non-hydrogen) atoms. The number of alkyl halides is 1. The number of carbonyl (C=O) groups excluding carboxylic acids is 1. The fraction of sp³-hybridized carbons (Fsp3) is 0.500. The molecule has 1 aliphatic heterocycles. The molecule has 0 aliphatic carbocycles. The first kappa shape index (κ1) is 9.99. The van der Waals surface area contributed by atoms with Crippen LogP contribution in [0.5, 0.6) is 0 Å². The van der Waals surface area contributed by atoms with E-state index in [9.17, 15) is 4.79 Å². The van der Waals surface area contributed by atoms with Crippen LogP contribution in [-0.4, -0.2) is 29.3 Å². The van der Waals surface area contributed by atoms with Gasteiger partial charge in [0, 0.05) is 18.0 Å². The zero-order valence-electron chi connectivity index (χ0n) is 7.78. The Hall–Kier alpha value is -0.540. The number of carbonyl (C=O) groups is 1. The fourth-order valence-electron chi connectivity index (χ4n) is 1.62. The van der Waals surface area contributed by atoms with Gasteiger partial charge in [-0.15, -0.1) is 22.9 Å². The molecule has 0 aromatic carbocycles. The van der Waals surface area contributed by atoms with Crippen molar-refractivity contribution in [3.05, 3.63) is 22.4 Å². The Balaban J connectivity index is 1.90. The van der Waals surface area contributed by atoms with E-state index in [1.54, 1.807) is 11.3 Å². The summed E-state index contributed by atoms with van der Waals surface area (Å²) in [5.41, 5.74) is 0. The number of halogens is 1. The summed E-state index contributed by atoms with van der Waals surface area (Å²) >= 11 is 7.57. The van der Waals surface area contributed by atoms with Crippen molar-refractivity contribution in [1.29, 1.82) is 0 Å². The monoisotopic (exact) mass is 229 g/mol. The predicted molar refractivity (Wildman–Crippen MR) is 58.9 cm³/mol. The van der Waals surface area contributed by atoms with E-state index < -0.39 is 0 Å². The highest BCUT2D eigenvalue weighted by atomic mass is 35.5. The lowest BCUT2D eigenvalue weighted by Gasteiger charge is -2.14. The molecule has 1 unspecified atom stereocenters. The highest BCUT2D eigenvalue weighted by Gasteiger charge is 2.24. The summed E-state index contributed by atoms with van der Waals surface area (Å²) in [6.45, 7) is 1.53. The molecule has 2 rings (SSSR count). The molecule has 1 aromatic heterocycles. The maximum atomic E-state index is 11.7. The molecule has 76 valence electrons. The standard InChI is InChI=1S/C10H12ClNOS/c11-8-3-4-12(7-8)10(13)6-9-2-1-5-14-9/h1-2,5,8H,3-4,6-7H2. The molecule has 1 atom stereocenters. The normalized spacial score (nSPS) is 21.5. The van der Waals surface area contributed by atoms with Crippen molar-refractivity contribution in [3.63, 3.8) is 0 Å². The Morgan fingerprint density at radius 3 is 3.14 bits per heavy atom. The van der Waals surface area contributed by atoms with Gasteiger partial charge >= 0.3 is 0 Å². The second-order valence-electron chi connectivity index (χ2n) is 3.48. The van der Waals surface area contributed by atoms with Crippen molar-refractivity contribution in [2.45, 2.75) is 18.2 Å². The Kier molecular flexibility index (Phi) is 3.08. The predicted octanol–water partition coefficient (Wildman–Crippen LogP) is 2.13. The number of rotatable bonds is 2. The summed E-state index contributed by atoms with van der Waals surface area (Å²) in [6.07, 6.45) is 1.46. The molecule has 1 saturated heterocycles. The van der Waals surface area contributed by atoms with Crippen LogP contribution in [0.1, 0.15) is 11.3 Å². The first-order chi connectivity index (χ1) is 6.75. The number of likely N-dealkylation sites (tertiary alicyclic amines) is 1. The molecule has 4 heteroatoms. The Bertz CT molecular complexity index is 312. The minimum atomic E-state index is 0.155. The smallest absolute Gasteiger partial charge is 0.227 e. The number of thiophene rings is 1. The van der Waals surface area contributed by atoms with Gasteiger partial charge in [-0.1, -0.05) is 6.07 Å². The van der Waals surface area contributed by atoms with Crippen LogP contribution in [0.25, 0.3) is 0 Å². The van der Waals surface area contributed by atoms with Gasteiger partial charge in [-0.25, -0.2) is 0 Å². The Morgan fingerprint density at radius 2 is 2.57 bits per heavy atom. The molecule has 0 bridgehead atoms. The minimum Gasteiger partial charge on any atom is -0.341 e. The van der Waals surface area contributed by atoms with Crippen molar-refractivity contribution in [3.8, 4) is 0 Å². The first-order valence-corrected chi connectivity index (χ1v) is 6.01. The molecule has 0 saturated carbocycles. The highest BCUT2D eigenvalue weighted by molar-refractivity contribution is 7.10. The van der Waals surface area contributed by atoms with E-state index in [0.717, 1.165) is 17.8 Å². The molecule has 1 fully saturated rings. The maximum absolute atomic E-state index is 11.7. The van der Waals surface area contributed by atoms with Crippen LogP contribution in [-0.2, 0) is 11.2 Å². The zero-order chi connectivity index (χ0) is 9.97. The van der Waals surface area contributed by atoms with Gasteiger partial charge in [-0.05, 0) is 17.9 Å². The molecule has 2 nitrogen and oxygen atoms in total. The van der Waals surface area contributed by atoms with Gasteiger partial charge < -0.3 is 4.90 Å². The lowest BCUT2D eigenvalue weighted by molar-refractivity contribution is -0.129. The van der Waals surface area contributed by atoms with Crippen LogP contribution in [0.4, 0.5) is 0 Å². The number of amides is 1. The highest BCUT2D eigenvalue weighted by Crippen LogP contribution is 2.17. The second kappa shape index (κ2) is 4.32. The Morgan fingerprint density at radius 1 is 1.71 bits per heavy atom. The summed E-state index contributed by atoms with van der Waals surface area (Å²) in [5.74, 6) is 0.204. The van der Waals surface area contributed by atoms with Crippen molar-refractivity contribution in [2.75, 3.05) is 13.1 Å². The van der Waals surface area contributed by atoms with Gasteiger partial charge in [-0.3, -0.25) is 4.79 Å². The van der Waals surface area contributed by atoms with Gasteiger partial charge in [0.25, 0.3) is 0 Å². The fourth-order valence-corrected chi connectivity index (χ4v) is 2.58. The molecule has 0 spiro atoms. The molecular formula is C10H12ClNOS. The largest absolute Gasteiger partial charge is 0.341 e. The molecular weight excluding hydrogens is 218 g/mol. The number of hydrogen-bond acceptors (Lipinski definition) is 2. The summed E-state index contributed by atoms with van der Waals surface area (Å²) in [5, 5.41) is 2.15. The third-order valence-corrected chi connectivity index (χ3v) is 3.62. The van der Waals surface area contributed by atoms with E-state index in [1.807, 2.05) is 22.4 Å². The second-order valence-corrected chi connectivity index (χ2v) is 5.13. The summed E-state index contributed by atoms with van der Waals surface area (Å²) in [7, 11) is 0. The SMILES string of the molecule is O=C(Cc1cccs1)N1CCC(Cl)C1. The van der Waals surface area contributed by atoms with E-state index in [0.29, 0.717) is 13.0 Å². The van der Waals surface area contributed by atoms with E-state index >= 15 is 0 Å². The van der Waals surface area contributed by atoms with E-state index in [4.69, 9.17) is 11.6 Å². The van der Waals surface area contributed by atoms with Crippen molar-refractivity contribution < 1.29 is 4.79 Å². The molecule has 0 radical (unpaired) electrons. The van der Waals surface area contributed by atoms with Crippen LogP contribution in [0, 0.1) is 0 Å². The Labute approximate surface area is 92.5 Å². The average molecular weight is 230 g/mol. The maximum Gasteiger partial charge on any atom is 0.227 e. The summed E-state index contributed by atoms with van der Waals surface area (Å²) in [6, 6.07) is 3.97. The quantitative estimate of drug-likeness (QED) is 0.712. The number of hydrogen-bond donors (Lipinski definition) is 0. The van der Waals surface area contributed by atoms with Crippen LogP contribution in [0.3, 0.4) is 0 Å². The van der Waals surface area contributed by atoms with E-state index in [1.165, 1.54) is 0 Å². The van der Waals surface area contributed by atoms with Crippen LogP contribution < -0.4 is 0 Å². The van der Waals surface area contributed by atoms with Gasteiger partial charge in [-0.2, -0.15) is 0 Å². The lowest BCUT2D eigenvalue weighted by atomic mass is 10.3. The third kappa shape index (κ3) is 2.28. The van der Waals surface area contributed by atoms with Crippen LogP contribution in [0.15, 0.2) is 17.5 Å². The third-order valence-electron chi connectivity index (χ3n) is 2.39. The van der Waals surface area contributed by atoms with Crippen LogP contribution >= 0.6 is 22.9 Å². The topological polar surface area (TPSA) is 20.3 Å². The molecule has 1 amide bonds. The lowest BCUT2D eigenvalue weighted by Crippen LogP contribution is -2.29. The molecule has 1 aliphatic rings. The molecule has 0 N–H and O–H groups in total. The van der Waals surface area contributed by atoms with Crippen molar-refractivity contribution in [1.82, 2.24) is 4.90 Å². The number of nitrogens with zero attached hydrogens (tertiary/aromatic N) is 1.